The monoisotopic (exact) mass is 287 g/mol. The van der Waals surface area contributed by atoms with Gasteiger partial charge in [0, 0.05) is 32.3 Å². The molecule has 3 heterocycles. The van der Waals surface area contributed by atoms with Crippen molar-refractivity contribution in [2.75, 3.05) is 18.0 Å². The van der Waals surface area contributed by atoms with Gasteiger partial charge in [0.15, 0.2) is 5.82 Å². The largest absolute Gasteiger partial charge is 0.388 e. The Morgan fingerprint density at radius 1 is 1.38 bits per heavy atom. The van der Waals surface area contributed by atoms with E-state index in [1.165, 1.54) is 5.56 Å². The van der Waals surface area contributed by atoms with Gasteiger partial charge in [-0.15, -0.1) is 10.2 Å². The molecule has 1 unspecified atom stereocenters. The van der Waals surface area contributed by atoms with Gasteiger partial charge in [-0.05, 0) is 31.4 Å². The summed E-state index contributed by atoms with van der Waals surface area (Å²) < 4.78 is 1.92. The summed E-state index contributed by atoms with van der Waals surface area (Å²) in [5.74, 6) is 2.97. The van der Waals surface area contributed by atoms with Crippen LogP contribution >= 0.6 is 0 Å². The van der Waals surface area contributed by atoms with E-state index in [0.29, 0.717) is 11.7 Å². The predicted octanol–water partition coefficient (Wildman–Crippen LogP) is 1.39. The number of nitrogens with zero attached hydrogens (tertiary/aromatic N) is 5. The molecule has 1 atom stereocenters. The average Bonchev–Trinajstić information content (AvgIpc) is 2.89. The van der Waals surface area contributed by atoms with Crippen molar-refractivity contribution in [1.82, 2.24) is 19.7 Å². The summed E-state index contributed by atoms with van der Waals surface area (Å²) in [5.41, 5.74) is 1.20. The molecule has 1 N–H and O–H groups in total. The van der Waals surface area contributed by atoms with Gasteiger partial charge in [-0.25, -0.2) is 4.98 Å². The van der Waals surface area contributed by atoms with Crippen LogP contribution in [-0.2, 0) is 13.7 Å². The van der Waals surface area contributed by atoms with Gasteiger partial charge in [0.1, 0.15) is 18.2 Å². The van der Waals surface area contributed by atoms with Crippen LogP contribution in [0.4, 0.5) is 5.82 Å². The van der Waals surface area contributed by atoms with Crippen LogP contribution in [0.15, 0.2) is 18.3 Å². The first-order valence-corrected chi connectivity index (χ1v) is 7.36. The Morgan fingerprint density at radius 3 is 2.95 bits per heavy atom. The Bertz CT molecular complexity index is 624. The normalized spacial score (nSPS) is 19.0. The molecule has 0 bridgehead atoms. The molecule has 0 aromatic carbocycles. The van der Waals surface area contributed by atoms with E-state index in [0.717, 1.165) is 37.6 Å². The summed E-state index contributed by atoms with van der Waals surface area (Å²) in [6, 6.07) is 4.06. The molecule has 1 fully saturated rings. The molecular formula is C15H21N5O. The first-order valence-electron chi connectivity index (χ1n) is 7.36. The summed E-state index contributed by atoms with van der Waals surface area (Å²) in [6.45, 7) is 3.95. The lowest BCUT2D eigenvalue weighted by molar-refractivity contribution is 0.266. The van der Waals surface area contributed by atoms with Gasteiger partial charge in [0.05, 0.1) is 0 Å². The molecule has 112 valence electrons. The van der Waals surface area contributed by atoms with Gasteiger partial charge >= 0.3 is 0 Å². The number of hydrogen-bond donors (Lipinski definition) is 1. The molecule has 6 nitrogen and oxygen atoms in total. The van der Waals surface area contributed by atoms with E-state index >= 15 is 0 Å². The third-order valence-corrected chi connectivity index (χ3v) is 4.21. The topological polar surface area (TPSA) is 67.1 Å². The fraction of sp³-hybridized carbons (Fsp3) is 0.533. The van der Waals surface area contributed by atoms with Crippen LogP contribution in [0.5, 0.6) is 0 Å². The number of pyridine rings is 1. The van der Waals surface area contributed by atoms with Crippen LogP contribution in [0.1, 0.15) is 36.0 Å². The second kappa shape index (κ2) is 5.81. The second-order valence-electron chi connectivity index (χ2n) is 5.62. The van der Waals surface area contributed by atoms with E-state index < -0.39 is 0 Å². The Morgan fingerprint density at radius 2 is 2.24 bits per heavy atom. The quantitative estimate of drug-likeness (QED) is 0.924. The van der Waals surface area contributed by atoms with E-state index in [1.807, 2.05) is 23.9 Å². The predicted molar refractivity (Wildman–Crippen MR) is 80.1 cm³/mol. The molecule has 21 heavy (non-hydrogen) atoms. The minimum Gasteiger partial charge on any atom is -0.388 e. The minimum absolute atomic E-state index is 0.0702. The summed E-state index contributed by atoms with van der Waals surface area (Å²) >= 11 is 0. The van der Waals surface area contributed by atoms with Crippen molar-refractivity contribution < 1.29 is 5.11 Å². The Kier molecular flexibility index (Phi) is 3.88. The number of aliphatic hydroxyl groups is 1. The van der Waals surface area contributed by atoms with Crippen molar-refractivity contribution in [3.8, 4) is 0 Å². The molecule has 0 aliphatic carbocycles. The molecule has 0 radical (unpaired) electrons. The lowest BCUT2D eigenvalue weighted by Crippen LogP contribution is -2.36. The summed E-state index contributed by atoms with van der Waals surface area (Å²) in [5, 5.41) is 17.6. The Labute approximate surface area is 124 Å². The number of hydrogen-bond acceptors (Lipinski definition) is 5. The average molecular weight is 287 g/mol. The SMILES string of the molecule is Cc1cccnc1N1CCCC(c2nnc(CO)n2C)C1. The minimum atomic E-state index is -0.0702. The smallest absolute Gasteiger partial charge is 0.158 e. The zero-order chi connectivity index (χ0) is 14.8. The van der Waals surface area contributed by atoms with E-state index in [2.05, 4.69) is 33.1 Å². The third-order valence-electron chi connectivity index (χ3n) is 4.21. The number of rotatable bonds is 3. The third kappa shape index (κ3) is 2.63. The van der Waals surface area contributed by atoms with Crippen LogP contribution < -0.4 is 4.90 Å². The lowest BCUT2D eigenvalue weighted by Gasteiger charge is -2.33. The zero-order valence-corrected chi connectivity index (χ0v) is 12.5. The van der Waals surface area contributed by atoms with Gasteiger partial charge in [0.2, 0.25) is 0 Å². The number of aliphatic hydroxyl groups excluding tert-OH is 1. The van der Waals surface area contributed by atoms with Crippen molar-refractivity contribution >= 4 is 5.82 Å². The number of piperidine rings is 1. The summed E-state index contributed by atoms with van der Waals surface area (Å²) in [7, 11) is 1.92. The van der Waals surface area contributed by atoms with Crippen molar-refractivity contribution in [3.05, 3.63) is 35.5 Å². The van der Waals surface area contributed by atoms with Gasteiger partial charge in [-0.3, -0.25) is 0 Å². The van der Waals surface area contributed by atoms with Crippen LogP contribution in [0.25, 0.3) is 0 Å². The van der Waals surface area contributed by atoms with E-state index in [9.17, 15) is 5.11 Å². The van der Waals surface area contributed by atoms with E-state index in [-0.39, 0.29) is 6.61 Å². The molecule has 1 saturated heterocycles. The van der Waals surface area contributed by atoms with Crippen molar-refractivity contribution in [3.63, 3.8) is 0 Å². The highest BCUT2D eigenvalue weighted by Crippen LogP contribution is 2.29. The fourth-order valence-electron chi connectivity index (χ4n) is 3.06. The summed E-state index contributed by atoms with van der Waals surface area (Å²) in [6.07, 6.45) is 4.06. The lowest BCUT2D eigenvalue weighted by atomic mass is 9.97. The number of aryl methyl sites for hydroxylation is 1. The van der Waals surface area contributed by atoms with Crippen LogP contribution in [0.2, 0.25) is 0 Å². The Balaban J connectivity index is 1.83. The first kappa shape index (κ1) is 14.0. The molecule has 0 saturated carbocycles. The molecule has 1 aliphatic heterocycles. The molecule has 2 aromatic rings. The van der Waals surface area contributed by atoms with Gasteiger partial charge < -0.3 is 14.6 Å². The molecule has 3 rings (SSSR count). The van der Waals surface area contributed by atoms with Gasteiger partial charge in [-0.1, -0.05) is 6.07 Å². The molecule has 0 spiro atoms. The number of anilines is 1. The standard InChI is InChI=1S/C15H21N5O/c1-11-5-3-7-16-14(11)20-8-4-6-12(9-20)15-18-17-13(10-21)19(15)2/h3,5,7,12,21H,4,6,8-10H2,1-2H3. The van der Waals surface area contributed by atoms with Crippen molar-refractivity contribution in [2.24, 2.45) is 7.05 Å². The first-order chi connectivity index (χ1) is 10.2. The van der Waals surface area contributed by atoms with Crippen LogP contribution in [0, 0.1) is 6.92 Å². The molecular weight excluding hydrogens is 266 g/mol. The number of aromatic nitrogens is 4. The van der Waals surface area contributed by atoms with Crippen LogP contribution in [0.3, 0.4) is 0 Å². The molecule has 1 aliphatic rings. The van der Waals surface area contributed by atoms with Crippen molar-refractivity contribution in [2.45, 2.75) is 32.3 Å². The van der Waals surface area contributed by atoms with Crippen molar-refractivity contribution in [1.29, 1.82) is 0 Å². The highest BCUT2D eigenvalue weighted by Gasteiger charge is 2.27. The zero-order valence-electron chi connectivity index (χ0n) is 12.5. The van der Waals surface area contributed by atoms with E-state index in [4.69, 9.17) is 0 Å². The maximum absolute atomic E-state index is 9.25. The molecule has 0 amide bonds. The second-order valence-corrected chi connectivity index (χ2v) is 5.62. The molecule has 2 aromatic heterocycles. The summed E-state index contributed by atoms with van der Waals surface area (Å²) in [4.78, 5) is 6.85. The maximum atomic E-state index is 9.25. The van der Waals surface area contributed by atoms with Crippen LogP contribution in [-0.4, -0.2) is 37.9 Å². The Hall–Kier alpha value is -1.95. The van der Waals surface area contributed by atoms with Gasteiger partial charge in [-0.2, -0.15) is 0 Å². The highest BCUT2D eigenvalue weighted by molar-refractivity contribution is 5.46. The molecule has 6 heteroatoms. The van der Waals surface area contributed by atoms with Gasteiger partial charge in [0.25, 0.3) is 0 Å². The highest BCUT2D eigenvalue weighted by atomic mass is 16.3. The fourth-order valence-corrected chi connectivity index (χ4v) is 3.06. The van der Waals surface area contributed by atoms with E-state index in [1.54, 1.807) is 0 Å². The maximum Gasteiger partial charge on any atom is 0.158 e.